The van der Waals surface area contributed by atoms with E-state index in [0.29, 0.717) is 5.92 Å². The van der Waals surface area contributed by atoms with Gasteiger partial charge in [-0.25, -0.2) is 4.98 Å². The standard InChI is InChI=1S/C12H18N2O/c1-8-12(10-2-3-10)14-11(15-8)6-9-4-5-13-7-9/h9-10,13H,2-7H2,1H3. The second-order valence-corrected chi connectivity index (χ2v) is 4.89. The van der Waals surface area contributed by atoms with Crippen LogP contribution in [0.4, 0.5) is 0 Å². The van der Waals surface area contributed by atoms with Crippen LogP contribution in [0.3, 0.4) is 0 Å². The second-order valence-electron chi connectivity index (χ2n) is 4.89. The molecule has 2 fully saturated rings. The quantitative estimate of drug-likeness (QED) is 0.822. The van der Waals surface area contributed by atoms with Crippen molar-refractivity contribution in [3.05, 3.63) is 17.3 Å². The summed E-state index contributed by atoms with van der Waals surface area (Å²) in [6, 6.07) is 0. The Balaban J connectivity index is 1.71. The lowest BCUT2D eigenvalue weighted by Gasteiger charge is -2.02. The van der Waals surface area contributed by atoms with Crippen LogP contribution >= 0.6 is 0 Å². The monoisotopic (exact) mass is 206 g/mol. The van der Waals surface area contributed by atoms with Gasteiger partial charge >= 0.3 is 0 Å². The lowest BCUT2D eigenvalue weighted by Crippen LogP contribution is -2.10. The fourth-order valence-electron chi connectivity index (χ4n) is 2.42. The Morgan fingerprint density at radius 2 is 2.27 bits per heavy atom. The van der Waals surface area contributed by atoms with E-state index in [0.717, 1.165) is 37.1 Å². The molecule has 1 aliphatic carbocycles. The van der Waals surface area contributed by atoms with Crippen LogP contribution in [-0.4, -0.2) is 18.1 Å². The van der Waals surface area contributed by atoms with E-state index < -0.39 is 0 Å². The van der Waals surface area contributed by atoms with Crippen molar-refractivity contribution in [2.75, 3.05) is 13.1 Å². The van der Waals surface area contributed by atoms with Crippen LogP contribution in [0.15, 0.2) is 4.42 Å². The normalized spacial score (nSPS) is 26.1. The Kier molecular flexibility index (Phi) is 2.28. The van der Waals surface area contributed by atoms with Crippen LogP contribution in [0.5, 0.6) is 0 Å². The highest BCUT2D eigenvalue weighted by molar-refractivity contribution is 5.18. The molecule has 3 nitrogen and oxygen atoms in total. The molecule has 2 aliphatic rings. The average molecular weight is 206 g/mol. The zero-order valence-corrected chi connectivity index (χ0v) is 9.25. The van der Waals surface area contributed by atoms with Gasteiger partial charge in [-0.1, -0.05) is 0 Å². The number of oxazole rings is 1. The van der Waals surface area contributed by atoms with E-state index in [1.165, 1.54) is 25.0 Å². The maximum absolute atomic E-state index is 5.74. The lowest BCUT2D eigenvalue weighted by atomic mass is 10.1. The van der Waals surface area contributed by atoms with Crippen molar-refractivity contribution < 1.29 is 4.42 Å². The summed E-state index contributed by atoms with van der Waals surface area (Å²) in [5, 5.41) is 3.38. The molecule has 0 radical (unpaired) electrons. The van der Waals surface area contributed by atoms with Crippen molar-refractivity contribution in [2.45, 2.75) is 38.5 Å². The van der Waals surface area contributed by atoms with E-state index in [-0.39, 0.29) is 0 Å². The van der Waals surface area contributed by atoms with E-state index in [1.54, 1.807) is 0 Å². The van der Waals surface area contributed by atoms with Crippen LogP contribution in [0.2, 0.25) is 0 Å². The zero-order chi connectivity index (χ0) is 10.3. The van der Waals surface area contributed by atoms with Gasteiger partial charge in [-0.3, -0.25) is 0 Å². The van der Waals surface area contributed by atoms with E-state index in [1.807, 2.05) is 0 Å². The Hall–Kier alpha value is -0.830. The fourth-order valence-corrected chi connectivity index (χ4v) is 2.42. The molecular weight excluding hydrogens is 188 g/mol. The van der Waals surface area contributed by atoms with Crippen molar-refractivity contribution in [1.82, 2.24) is 10.3 Å². The minimum absolute atomic E-state index is 0.712. The van der Waals surface area contributed by atoms with Gasteiger partial charge in [-0.05, 0) is 45.2 Å². The van der Waals surface area contributed by atoms with Gasteiger partial charge in [0.25, 0.3) is 0 Å². The van der Waals surface area contributed by atoms with Crippen molar-refractivity contribution in [3.8, 4) is 0 Å². The Morgan fingerprint density at radius 3 is 2.93 bits per heavy atom. The molecule has 1 unspecified atom stereocenters. The van der Waals surface area contributed by atoms with Crippen LogP contribution in [-0.2, 0) is 6.42 Å². The molecule has 2 heterocycles. The second kappa shape index (κ2) is 3.63. The van der Waals surface area contributed by atoms with Gasteiger partial charge in [-0.2, -0.15) is 0 Å². The minimum Gasteiger partial charge on any atom is -0.446 e. The Morgan fingerprint density at radius 1 is 1.40 bits per heavy atom. The molecule has 82 valence electrons. The smallest absolute Gasteiger partial charge is 0.194 e. The molecule has 1 atom stereocenters. The van der Waals surface area contributed by atoms with E-state index >= 15 is 0 Å². The van der Waals surface area contributed by atoms with Crippen molar-refractivity contribution in [1.29, 1.82) is 0 Å². The summed E-state index contributed by atoms with van der Waals surface area (Å²) in [4.78, 5) is 4.64. The summed E-state index contributed by atoms with van der Waals surface area (Å²) in [7, 11) is 0. The molecule has 0 spiro atoms. The first kappa shape index (κ1) is 9.40. The van der Waals surface area contributed by atoms with Gasteiger partial charge < -0.3 is 9.73 Å². The van der Waals surface area contributed by atoms with Gasteiger partial charge in [0.2, 0.25) is 0 Å². The van der Waals surface area contributed by atoms with E-state index in [4.69, 9.17) is 4.42 Å². The largest absolute Gasteiger partial charge is 0.446 e. The maximum Gasteiger partial charge on any atom is 0.194 e. The van der Waals surface area contributed by atoms with Crippen molar-refractivity contribution in [3.63, 3.8) is 0 Å². The number of aryl methyl sites for hydroxylation is 1. The third-order valence-electron chi connectivity index (χ3n) is 3.47. The highest BCUT2D eigenvalue weighted by Gasteiger charge is 2.29. The SMILES string of the molecule is Cc1oc(CC2CCNC2)nc1C1CC1. The third-order valence-corrected chi connectivity index (χ3v) is 3.47. The molecule has 1 saturated heterocycles. The Labute approximate surface area is 90.3 Å². The summed E-state index contributed by atoms with van der Waals surface area (Å²) >= 11 is 0. The molecule has 1 aromatic heterocycles. The summed E-state index contributed by atoms with van der Waals surface area (Å²) in [6.45, 7) is 4.33. The topological polar surface area (TPSA) is 38.1 Å². The fraction of sp³-hybridized carbons (Fsp3) is 0.750. The molecule has 15 heavy (non-hydrogen) atoms. The molecule has 0 aromatic carbocycles. The van der Waals surface area contributed by atoms with Crippen LogP contribution in [0, 0.1) is 12.8 Å². The molecule has 1 saturated carbocycles. The predicted molar refractivity (Wildman–Crippen MR) is 57.9 cm³/mol. The van der Waals surface area contributed by atoms with Crippen LogP contribution in [0.1, 0.15) is 42.5 Å². The van der Waals surface area contributed by atoms with Gasteiger partial charge in [0.1, 0.15) is 5.76 Å². The third kappa shape index (κ3) is 1.93. The van der Waals surface area contributed by atoms with Gasteiger partial charge in [0.15, 0.2) is 5.89 Å². The summed E-state index contributed by atoms with van der Waals surface area (Å²) in [5.41, 5.74) is 1.23. The summed E-state index contributed by atoms with van der Waals surface area (Å²) in [5.74, 6) is 3.46. The van der Waals surface area contributed by atoms with Gasteiger partial charge in [0, 0.05) is 12.3 Å². The zero-order valence-electron chi connectivity index (χ0n) is 9.25. The van der Waals surface area contributed by atoms with Gasteiger partial charge in [0.05, 0.1) is 5.69 Å². The number of nitrogens with zero attached hydrogens (tertiary/aromatic N) is 1. The molecule has 3 heteroatoms. The molecule has 0 bridgehead atoms. The summed E-state index contributed by atoms with van der Waals surface area (Å²) in [6.07, 6.45) is 4.89. The summed E-state index contributed by atoms with van der Waals surface area (Å²) < 4.78 is 5.74. The Bertz CT molecular complexity index is 349. The number of rotatable bonds is 3. The molecule has 0 amide bonds. The average Bonchev–Trinajstić information content (AvgIpc) is 2.81. The number of nitrogens with one attached hydrogen (secondary N) is 1. The molecular formula is C12H18N2O. The first-order chi connectivity index (χ1) is 7.33. The first-order valence-corrected chi connectivity index (χ1v) is 6.00. The van der Waals surface area contributed by atoms with Crippen molar-refractivity contribution >= 4 is 0 Å². The van der Waals surface area contributed by atoms with Crippen LogP contribution < -0.4 is 5.32 Å². The first-order valence-electron chi connectivity index (χ1n) is 6.00. The molecule has 1 aliphatic heterocycles. The maximum atomic E-state index is 5.74. The van der Waals surface area contributed by atoms with E-state index in [2.05, 4.69) is 17.2 Å². The van der Waals surface area contributed by atoms with Gasteiger partial charge in [-0.15, -0.1) is 0 Å². The minimum atomic E-state index is 0.712. The highest BCUT2D eigenvalue weighted by atomic mass is 16.4. The van der Waals surface area contributed by atoms with E-state index in [9.17, 15) is 0 Å². The molecule has 3 rings (SSSR count). The van der Waals surface area contributed by atoms with Crippen LogP contribution in [0.25, 0.3) is 0 Å². The molecule has 1 aromatic rings. The molecule has 1 N–H and O–H groups in total. The number of hydrogen-bond donors (Lipinski definition) is 1. The highest BCUT2D eigenvalue weighted by Crippen LogP contribution is 2.41. The predicted octanol–water partition coefficient (Wildman–Crippen LogP) is 2.01. The number of aromatic nitrogens is 1. The van der Waals surface area contributed by atoms with Crippen molar-refractivity contribution in [2.24, 2.45) is 5.92 Å². The lowest BCUT2D eigenvalue weighted by molar-refractivity contribution is 0.428. The number of hydrogen-bond acceptors (Lipinski definition) is 3.